The Morgan fingerprint density at radius 1 is 0.829 bits per heavy atom. The second-order valence-corrected chi connectivity index (χ2v) is 11.2. The van der Waals surface area contributed by atoms with Gasteiger partial charge in [-0.1, -0.05) is 80.8 Å². The molecular formula is C35H35ClN2O3. The maximum Gasteiger partial charge on any atom is 0.340 e. The monoisotopic (exact) mass is 566 g/mol. The van der Waals surface area contributed by atoms with Crippen LogP contribution < -0.4 is 15.0 Å². The van der Waals surface area contributed by atoms with Crippen molar-refractivity contribution in [1.82, 2.24) is 0 Å². The van der Waals surface area contributed by atoms with Crippen LogP contribution in [-0.4, -0.2) is 19.1 Å². The molecule has 2 aliphatic heterocycles. The van der Waals surface area contributed by atoms with Gasteiger partial charge in [0.15, 0.2) is 5.60 Å². The van der Waals surface area contributed by atoms with Crippen molar-refractivity contribution < 1.29 is 14.3 Å². The van der Waals surface area contributed by atoms with E-state index < -0.39 is 5.60 Å². The van der Waals surface area contributed by atoms with Gasteiger partial charge in [0.05, 0.1) is 22.0 Å². The number of anilines is 3. The molecule has 0 amide bonds. The number of benzene rings is 4. The average Bonchev–Trinajstić information content (AvgIpc) is 3.29. The number of nitrogens with zero attached hydrogens (tertiary/aromatic N) is 1. The first-order chi connectivity index (χ1) is 20.0. The van der Waals surface area contributed by atoms with Gasteiger partial charge in [-0.15, -0.1) is 0 Å². The Balaban J connectivity index is 1.44. The van der Waals surface area contributed by atoms with Crippen LogP contribution in [0, 0.1) is 6.92 Å². The van der Waals surface area contributed by atoms with E-state index in [0.717, 1.165) is 78.1 Å². The molecule has 1 N–H and O–H groups in total. The second kappa shape index (κ2) is 11.1. The Morgan fingerprint density at radius 2 is 1.51 bits per heavy atom. The second-order valence-electron chi connectivity index (χ2n) is 10.8. The number of aryl methyl sites for hydroxylation is 1. The summed E-state index contributed by atoms with van der Waals surface area (Å²) in [6.07, 6.45) is 4.50. The van der Waals surface area contributed by atoms with Crippen LogP contribution in [-0.2, 0) is 10.3 Å². The molecule has 6 rings (SSSR count). The van der Waals surface area contributed by atoms with Gasteiger partial charge in [-0.25, -0.2) is 4.79 Å². The summed E-state index contributed by atoms with van der Waals surface area (Å²) in [6.45, 7) is 8.44. The zero-order valence-corrected chi connectivity index (χ0v) is 24.6. The zero-order chi connectivity index (χ0) is 28.6. The van der Waals surface area contributed by atoms with Crippen LogP contribution in [0.4, 0.5) is 17.1 Å². The number of hydrogen-bond donors (Lipinski definition) is 1. The van der Waals surface area contributed by atoms with Gasteiger partial charge < -0.3 is 19.7 Å². The number of fused-ring (bicyclic) bond motifs is 6. The van der Waals surface area contributed by atoms with Crippen molar-refractivity contribution in [2.45, 2.75) is 52.1 Å². The van der Waals surface area contributed by atoms with Gasteiger partial charge in [-0.05, 0) is 61.7 Å². The van der Waals surface area contributed by atoms with E-state index in [4.69, 9.17) is 21.1 Å². The highest BCUT2D eigenvalue weighted by atomic mass is 35.5. The van der Waals surface area contributed by atoms with Crippen molar-refractivity contribution >= 4 is 34.6 Å². The zero-order valence-electron chi connectivity index (χ0n) is 23.8. The van der Waals surface area contributed by atoms with Crippen molar-refractivity contribution in [3.63, 3.8) is 0 Å². The SMILES string of the molecule is CCCCN(CCCC)c1ccc(C)c(Nc2ccc3c(c2)C2(OC(=O)c4ccccc42)c2ccccc2O3)c1Cl. The summed E-state index contributed by atoms with van der Waals surface area (Å²) >= 11 is 7.14. The number of ether oxygens (including phenoxy) is 2. The molecule has 0 aliphatic carbocycles. The van der Waals surface area contributed by atoms with Crippen LogP contribution in [0.5, 0.6) is 11.5 Å². The quantitative estimate of drug-likeness (QED) is 0.204. The van der Waals surface area contributed by atoms with Crippen LogP contribution in [0.1, 0.15) is 72.1 Å². The molecule has 41 heavy (non-hydrogen) atoms. The van der Waals surface area contributed by atoms with E-state index in [1.54, 1.807) is 0 Å². The number of rotatable bonds is 9. The molecule has 1 unspecified atom stereocenters. The Labute approximate surface area is 247 Å². The largest absolute Gasteiger partial charge is 0.456 e. The lowest BCUT2D eigenvalue weighted by molar-refractivity contribution is 0.0224. The van der Waals surface area contributed by atoms with Gasteiger partial charge in [0.1, 0.15) is 11.5 Å². The number of carbonyl (C=O) groups is 1. The summed E-state index contributed by atoms with van der Waals surface area (Å²) in [5.41, 5.74) is 5.67. The molecule has 0 fully saturated rings. The maximum absolute atomic E-state index is 13.2. The third-order valence-electron chi connectivity index (χ3n) is 8.12. The van der Waals surface area contributed by atoms with Crippen molar-refractivity contribution in [3.05, 3.63) is 112 Å². The van der Waals surface area contributed by atoms with Crippen LogP contribution in [0.25, 0.3) is 0 Å². The predicted molar refractivity (Wildman–Crippen MR) is 166 cm³/mol. The van der Waals surface area contributed by atoms with Crippen LogP contribution in [0.3, 0.4) is 0 Å². The van der Waals surface area contributed by atoms with Crippen molar-refractivity contribution in [2.24, 2.45) is 0 Å². The van der Waals surface area contributed by atoms with Gasteiger partial charge >= 0.3 is 5.97 Å². The molecule has 1 spiro atoms. The minimum atomic E-state index is -1.10. The smallest absolute Gasteiger partial charge is 0.340 e. The predicted octanol–water partition coefficient (Wildman–Crippen LogP) is 9.37. The number of hydrogen-bond acceptors (Lipinski definition) is 5. The van der Waals surface area contributed by atoms with Crippen molar-refractivity contribution in [3.8, 4) is 11.5 Å². The van der Waals surface area contributed by atoms with Gasteiger partial charge in [0.25, 0.3) is 0 Å². The summed E-state index contributed by atoms with van der Waals surface area (Å²) in [5, 5.41) is 4.32. The Hall–Kier alpha value is -3.96. The first kappa shape index (κ1) is 27.2. The van der Waals surface area contributed by atoms with E-state index in [1.807, 2.05) is 66.7 Å². The molecule has 5 nitrogen and oxygen atoms in total. The molecule has 210 valence electrons. The molecular weight excluding hydrogens is 532 g/mol. The highest BCUT2D eigenvalue weighted by Gasteiger charge is 2.53. The highest BCUT2D eigenvalue weighted by Crippen LogP contribution is 2.56. The van der Waals surface area contributed by atoms with Gasteiger partial charge in [0, 0.05) is 35.5 Å². The van der Waals surface area contributed by atoms with E-state index in [0.29, 0.717) is 22.1 Å². The Morgan fingerprint density at radius 3 is 2.27 bits per heavy atom. The molecule has 0 saturated carbocycles. The topological polar surface area (TPSA) is 50.8 Å². The summed E-state index contributed by atoms with van der Waals surface area (Å²) < 4.78 is 12.7. The fourth-order valence-corrected chi connectivity index (χ4v) is 6.33. The summed E-state index contributed by atoms with van der Waals surface area (Å²) in [6, 6.07) is 25.6. The van der Waals surface area contributed by atoms with E-state index in [-0.39, 0.29) is 5.97 Å². The highest BCUT2D eigenvalue weighted by molar-refractivity contribution is 6.36. The minimum Gasteiger partial charge on any atom is -0.456 e. The molecule has 0 radical (unpaired) electrons. The lowest BCUT2D eigenvalue weighted by Gasteiger charge is -2.36. The number of esters is 1. The first-order valence-electron chi connectivity index (χ1n) is 14.5. The molecule has 1 atom stereocenters. The van der Waals surface area contributed by atoms with Gasteiger partial charge in [-0.2, -0.15) is 0 Å². The molecule has 2 heterocycles. The summed E-state index contributed by atoms with van der Waals surface area (Å²) in [4.78, 5) is 15.6. The number of unbranched alkanes of at least 4 members (excludes halogenated alkanes) is 2. The minimum absolute atomic E-state index is 0.340. The van der Waals surface area contributed by atoms with E-state index >= 15 is 0 Å². The normalized spacial score (nSPS) is 16.4. The Kier molecular flexibility index (Phi) is 7.39. The fraction of sp³-hybridized carbons (Fsp3) is 0.286. The number of carbonyl (C=O) groups excluding carboxylic acids is 1. The molecule has 0 bridgehead atoms. The van der Waals surface area contributed by atoms with E-state index in [2.05, 4.69) is 43.1 Å². The Bertz CT molecular complexity index is 1610. The van der Waals surface area contributed by atoms with Gasteiger partial charge in [0.2, 0.25) is 0 Å². The molecule has 2 aliphatic rings. The maximum atomic E-state index is 13.2. The van der Waals surface area contributed by atoms with E-state index in [1.165, 1.54) is 0 Å². The van der Waals surface area contributed by atoms with Gasteiger partial charge in [-0.3, -0.25) is 0 Å². The molecule has 0 saturated heterocycles. The number of nitrogens with one attached hydrogen (secondary N) is 1. The van der Waals surface area contributed by atoms with Crippen molar-refractivity contribution in [2.75, 3.05) is 23.3 Å². The lowest BCUT2D eigenvalue weighted by atomic mass is 9.77. The third-order valence-corrected chi connectivity index (χ3v) is 8.50. The average molecular weight is 567 g/mol. The standard InChI is InChI=1S/C35H35ClN2O3/c1-4-6-20-38(21-7-5-2)29-18-16-23(3)33(32(29)36)37-24-17-19-31-28(22-24)35(27-14-10-11-15-30(27)40-31)26-13-9-8-12-25(26)34(39)41-35/h8-19,22,37H,4-7,20-21H2,1-3H3. The summed E-state index contributed by atoms with van der Waals surface area (Å²) in [5.74, 6) is 0.990. The first-order valence-corrected chi connectivity index (χ1v) is 14.9. The van der Waals surface area contributed by atoms with E-state index in [9.17, 15) is 4.79 Å². The third kappa shape index (κ3) is 4.62. The van der Waals surface area contributed by atoms with Crippen molar-refractivity contribution in [1.29, 1.82) is 0 Å². The summed E-state index contributed by atoms with van der Waals surface area (Å²) in [7, 11) is 0. The molecule has 4 aromatic rings. The van der Waals surface area contributed by atoms with Crippen LogP contribution in [0.2, 0.25) is 5.02 Å². The number of para-hydroxylation sites is 1. The number of halogens is 1. The fourth-order valence-electron chi connectivity index (χ4n) is 5.95. The molecule has 4 aromatic carbocycles. The van der Waals surface area contributed by atoms with Crippen LogP contribution >= 0.6 is 11.6 Å². The van der Waals surface area contributed by atoms with Crippen LogP contribution in [0.15, 0.2) is 78.9 Å². The molecule has 0 aromatic heterocycles. The lowest BCUT2D eigenvalue weighted by Crippen LogP contribution is -2.33. The molecule has 6 heteroatoms.